The van der Waals surface area contributed by atoms with Gasteiger partial charge in [0.2, 0.25) is 0 Å². The number of halogens is 3. The van der Waals surface area contributed by atoms with E-state index >= 15 is 0 Å². The van der Waals surface area contributed by atoms with Gasteiger partial charge in [0.25, 0.3) is 0 Å². The molecule has 1 aliphatic carbocycles. The minimum Gasteiger partial charge on any atom is -0.449 e. The lowest BCUT2D eigenvalue weighted by Crippen LogP contribution is -2.26. The molecule has 7 heteroatoms. The minimum atomic E-state index is -4.50. The average molecular weight is 424 g/mol. The number of ether oxygens (including phenoxy) is 1. The lowest BCUT2D eigenvalue weighted by molar-refractivity contribution is -0.141. The minimum absolute atomic E-state index is 0.0389. The van der Waals surface area contributed by atoms with Crippen LogP contribution < -0.4 is 5.32 Å². The number of carbonyl (C=O) groups excluding carboxylic acids is 1. The maximum Gasteiger partial charge on any atom is 0.433 e. The fourth-order valence-electron chi connectivity index (χ4n) is 3.67. The molecule has 0 spiro atoms. The first-order chi connectivity index (χ1) is 14.9. The Morgan fingerprint density at radius 2 is 1.61 bits per heavy atom. The van der Waals surface area contributed by atoms with Crippen LogP contribution in [0.15, 0.2) is 72.8 Å². The van der Waals surface area contributed by atoms with Gasteiger partial charge < -0.3 is 10.1 Å². The van der Waals surface area contributed by atoms with Crippen molar-refractivity contribution < 1.29 is 22.7 Å². The van der Waals surface area contributed by atoms with Crippen molar-refractivity contribution in [3.05, 3.63) is 95.3 Å². The van der Waals surface area contributed by atoms with Crippen molar-refractivity contribution in [2.75, 3.05) is 13.2 Å². The summed E-state index contributed by atoms with van der Waals surface area (Å²) in [4.78, 5) is 15.6. The molecule has 0 saturated heterocycles. The van der Waals surface area contributed by atoms with Crippen LogP contribution in [0, 0.1) is 0 Å². The molecule has 0 fully saturated rings. The summed E-state index contributed by atoms with van der Waals surface area (Å²) in [6.45, 7) is 0.299. The summed E-state index contributed by atoms with van der Waals surface area (Å²) in [6.07, 6.45) is -2.16. The molecule has 0 atom stereocenters. The van der Waals surface area contributed by atoms with Crippen LogP contribution in [0.25, 0.3) is 17.2 Å². The second kappa shape index (κ2) is 8.63. The number of rotatable bonds is 5. The predicted octanol–water partition coefficient (Wildman–Crippen LogP) is 5.65. The lowest BCUT2D eigenvalue weighted by Gasteiger charge is -2.14. The van der Waals surface area contributed by atoms with Crippen LogP contribution in [0.3, 0.4) is 0 Å². The number of carbonyl (C=O) groups is 1. The van der Waals surface area contributed by atoms with E-state index in [9.17, 15) is 18.0 Å². The monoisotopic (exact) mass is 424 g/mol. The summed E-state index contributed by atoms with van der Waals surface area (Å²) < 4.78 is 43.5. The zero-order valence-corrected chi connectivity index (χ0v) is 16.4. The highest BCUT2D eigenvalue weighted by molar-refractivity contribution is 5.79. The van der Waals surface area contributed by atoms with Gasteiger partial charge in [-0.2, -0.15) is 13.2 Å². The van der Waals surface area contributed by atoms with Gasteiger partial charge in [-0.1, -0.05) is 60.7 Å². The number of hydrogen-bond acceptors (Lipinski definition) is 3. The predicted molar refractivity (Wildman–Crippen MR) is 111 cm³/mol. The Hall–Kier alpha value is -3.61. The summed E-state index contributed by atoms with van der Waals surface area (Å²) in [5.74, 6) is -0.0389. The molecular formula is C24H19F3N2O2. The van der Waals surface area contributed by atoms with E-state index in [1.807, 2.05) is 36.4 Å². The fraction of sp³-hybridized carbons (Fsp3) is 0.167. The maximum absolute atomic E-state index is 12.7. The second-order valence-electron chi connectivity index (χ2n) is 7.05. The van der Waals surface area contributed by atoms with E-state index in [-0.39, 0.29) is 24.8 Å². The third-order valence-corrected chi connectivity index (χ3v) is 5.06. The van der Waals surface area contributed by atoms with Crippen LogP contribution in [0.4, 0.5) is 18.0 Å². The molecule has 3 aromatic rings. The number of aromatic nitrogens is 1. The highest BCUT2D eigenvalue weighted by Crippen LogP contribution is 2.44. The lowest BCUT2D eigenvalue weighted by atomic mass is 9.98. The molecule has 1 heterocycles. The summed E-state index contributed by atoms with van der Waals surface area (Å²) in [6, 6.07) is 19.7. The van der Waals surface area contributed by atoms with Gasteiger partial charge in [0.05, 0.1) is 5.69 Å². The average Bonchev–Trinajstić information content (AvgIpc) is 3.09. The molecule has 0 bridgehead atoms. The number of amides is 1. The first-order valence-corrected chi connectivity index (χ1v) is 9.73. The van der Waals surface area contributed by atoms with Crippen molar-refractivity contribution in [1.82, 2.24) is 10.3 Å². The van der Waals surface area contributed by atoms with E-state index in [1.54, 1.807) is 0 Å². The fourth-order valence-corrected chi connectivity index (χ4v) is 3.67. The molecule has 1 aliphatic rings. The Morgan fingerprint density at radius 1 is 0.968 bits per heavy atom. The van der Waals surface area contributed by atoms with Crippen LogP contribution in [-0.2, 0) is 10.9 Å². The third kappa shape index (κ3) is 4.60. The molecule has 158 valence electrons. The van der Waals surface area contributed by atoms with Gasteiger partial charge in [0, 0.05) is 12.5 Å². The number of alkyl carbamates (subject to hydrolysis) is 1. The van der Waals surface area contributed by atoms with E-state index in [0.29, 0.717) is 0 Å². The van der Waals surface area contributed by atoms with E-state index in [2.05, 4.69) is 22.4 Å². The second-order valence-corrected chi connectivity index (χ2v) is 7.05. The quantitative estimate of drug-likeness (QED) is 0.576. The molecule has 1 amide bonds. The van der Waals surface area contributed by atoms with Crippen LogP contribution in [-0.4, -0.2) is 24.2 Å². The number of nitrogens with one attached hydrogen (secondary N) is 1. The van der Waals surface area contributed by atoms with Crippen LogP contribution >= 0.6 is 0 Å². The topological polar surface area (TPSA) is 51.2 Å². The number of hydrogen-bond donors (Lipinski definition) is 1. The van der Waals surface area contributed by atoms with Gasteiger partial charge in [-0.25, -0.2) is 9.78 Å². The van der Waals surface area contributed by atoms with Gasteiger partial charge in [-0.05, 0) is 40.5 Å². The Bertz CT molecular complexity index is 1080. The zero-order chi connectivity index (χ0) is 21.8. The number of fused-ring (bicyclic) bond motifs is 3. The Kier molecular flexibility index (Phi) is 5.75. The number of nitrogens with zero attached hydrogens (tertiary/aromatic N) is 1. The first kappa shape index (κ1) is 20.7. The van der Waals surface area contributed by atoms with Crippen molar-refractivity contribution >= 4 is 12.2 Å². The summed E-state index contributed by atoms with van der Waals surface area (Å²) in [5, 5.41) is 2.57. The normalized spacial score (nSPS) is 13.1. The highest BCUT2D eigenvalue weighted by Gasteiger charge is 2.32. The van der Waals surface area contributed by atoms with E-state index in [4.69, 9.17) is 4.74 Å². The maximum atomic E-state index is 12.7. The Morgan fingerprint density at radius 3 is 2.26 bits per heavy atom. The van der Waals surface area contributed by atoms with Gasteiger partial charge in [-0.15, -0.1) is 0 Å². The first-order valence-electron chi connectivity index (χ1n) is 9.73. The Balaban J connectivity index is 1.32. The molecule has 0 unspecified atom stereocenters. The summed E-state index contributed by atoms with van der Waals surface area (Å²) in [5.41, 5.74) is 3.72. The highest BCUT2D eigenvalue weighted by atomic mass is 19.4. The molecule has 2 aromatic carbocycles. The number of pyridine rings is 1. The van der Waals surface area contributed by atoms with E-state index in [1.165, 1.54) is 24.3 Å². The molecule has 1 aromatic heterocycles. The molecular weight excluding hydrogens is 405 g/mol. The molecule has 4 rings (SSSR count). The Labute approximate surface area is 177 Å². The van der Waals surface area contributed by atoms with E-state index < -0.39 is 18.0 Å². The molecule has 0 aliphatic heterocycles. The number of alkyl halides is 3. The van der Waals surface area contributed by atoms with E-state index in [0.717, 1.165) is 28.3 Å². The van der Waals surface area contributed by atoms with Crippen LogP contribution in [0.1, 0.15) is 28.4 Å². The van der Waals surface area contributed by atoms with Crippen molar-refractivity contribution in [2.45, 2.75) is 12.1 Å². The summed E-state index contributed by atoms with van der Waals surface area (Å²) >= 11 is 0. The van der Waals surface area contributed by atoms with Crippen molar-refractivity contribution in [1.29, 1.82) is 0 Å². The standard InChI is InChI=1S/C24H19F3N2O2/c25-24(26,27)22-13-5-7-16(29-22)8-6-14-28-23(30)31-15-21-19-11-3-1-9-17(19)18-10-2-4-12-20(18)21/h1-13,21H,14-15H2,(H,28,30). The smallest absolute Gasteiger partial charge is 0.433 e. The molecule has 0 radical (unpaired) electrons. The van der Waals surface area contributed by atoms with Crippen molar-refractivity contribution in [3.63, 3.8) is 0 Å². The van der Waals surface area contributed by atoms with Crippen LogP contribution in [0.5, 0.6) is 0 Å². The molecule has 1 N–H and O–H groups in total. The molecule has 4 nitrogen and oxygen atoms in total. The zero-order valence-electron chi connectivity index (χ0n) is 16.4. The SMILES string of the molecule is O=C(NCC=Cc1cccc(C(F)(F)F)n1)OCC1c2ccccc2-c2ccccc21. The van der Waals surface area contributed by atoms with Gasteiger partial charge in [0.1, 0.15) is 12.3 Å². The van der Waals surface area contributed by atoms with Crippen molar-refractivity contribution in [2.24, 2.45) is 0 Å². The molecule has 0 saturated carbocycles. The van der Waals surface area contributed by atoms with Crippen LogP contribution in [0.2, 0.25) is 0 Å². The van der Waals surface area contributed by atoms with Crippen molar-refractivity contribution in [3.8, 4) is 11.1 Å². The van der Waals surface area contributed by atoms with Gasteiger partial charge in [0.15, 0.2) is 0 Å². The van der Waals surface area contributed by atoms with Gasteiger partial charge in [-0.3, -0.25) is 0 Å². The largest absolute Gasteiger partial charge is 0.449 e. The van der Waals surface area contributed by atoms with Gasteiger partial charge >= 0.3 is 12.3 Å². The third-order valence-electron chi connectivity index (χ3n) is 5.06. The summed E-state index contributed by atoms with van der Waals surface area (Å²) in [7, 11) is 0. The number of benzene rings is 2. The molecule has 31 heavy (non-hydrogen) atoms.